The molecule has 11 heavy (non-hydrogen) atoms. The summed E-state index contributed by atoms with van der Waals surface area (Å²) in [6, 6.07) is 0. The van der Waals surface area contributed by atoms with Crippen molar-refractivity contribution in [3.05, 3.63) is 0 Å². The fourth-order valence-corrected chi connectivity index (χ4v) is 0.887. The van der Waals surface area contributed by atoms with Gasteiger partial charge in [0.25, 0.3) is 0 Å². The van der Waals surface area contributed by atoms with E-state index in [1.165, 1.54) is 7.11 Å². The first-order chi connectivity index (χ1) is 5.31. The first-order valence-electron chi connectivity index (χ1n) is 3.13. The summed E-state index contributed by atoms with van der Waals surface area (Å²) in [6.07, 6.45) is 0.725. The number of rotatable bonds is 7. The Morgan fingerprint density at radius 1 is 1.27 bits per heavy atom. The van der Waals surface area contributed by atoms with Crippen molar-refractivity contribution in [1.29, 1.82) is 0 Å². The summed E-state index contributed by atoms with van der Waals surface area (Å²) in [5.41, 5.74) is 0. The molecule has 0 aliphatic rings. The van der Waals surface area contributed by atoms with Gasteiger partial charge >= 0.3 is 8.60 Å². The standard InChI is InChI=1S/C5H13O5P/c1-7-4-3-5-9-11(6)10-8-2/h6H,3-5H2,1-2H3. The second-order valence-corrected chi connectivity index (χ2v) is 2.54. The molecule has 1 N–H and O–H groups in total. The molecule has 0 saturated heterocycles. The van der Waals surface area contributed by atoms with Crippen molar-refractivity contribution >= 4 is 8.60 Å². The minimum Gasteiger partial charge on any atom is -0.385 e. The van der Waals surface area contributed by atoms with Crippen LogP contribution in [0, 0.1) is 0 Å². The Hall–Kier alpha value is 0.230. The van der Waals surface area contributed by atoms with Gasteiger partial charge in [-0.15, -0.1) is 0 Å². The monoisotopic (exact) mass is 184 g/mol. The zero-order chi connectivity index (χ0) is 8.53. The van der Waals surface area contributed by atoms with Gasteiger partial charge in [0, 0.05) is 13.7 Å². The first-order valence-corrected chi connectivity index (χ1v) is 4.26. The molecule has 0 spiro atoms. The maximum absolute atomic E-state index is 8.80. The van der Waals surface area contributed by atoms with E-state index in [4.69, 9.17) is 14.2 Å². The van der Waals surface area contributed by atoms with Gasteiger partial charge in [-0.25, -0.2) is 4.89 Å². The van der Waals surface area contributed by atoms with Crippen LogP contribution in [-0.4, -0.2) is 32.3 Å². The predicted molar refractivity (Wildman–Crippen MR) is 39.7 cm³/mol. The van der Waals surface area contributed by atoms with Gasteiger partial charge in [0.1, 0.15) is 0 Å². The average Bonchev–Trinajstić information content (AvgIpc) is 1.99. The lowest BCUT2D eigenvalue weighted by atomic mass is 10.5. The van der Waals surface area contributed by atoms with Gasteiger partial charge in [-0.2, -0.15) is 4.67 Å². The SMILES string of the molecule is COCCCOP(O)OOC. The van der Waals surface area contributed by atoms with Gasteiger partial charge in [0.15, 0.2) is 0 Å². The average molecular weight is 184 g/mol. The topological polar surface area (TPSA) is 57.2 Å². The first kappa shape index (κ1) is 11.2. The van der Waals surface area contributed by atoms with Crippen molar-refractivity contribution < 1.29 is 23.7 Å². The van der Waals surface area contributed by atoms with E-state index in [1.807, 2.05) is 0 Å². The zero-order valence-corrected chi connectivity index (χ0v) is 7.54. The minimum atomic E-state index is -1.88. The third-order valence-electron chi connectivity index (χ3n) is 0.833. The minimum absolute atomic E-state index is 0.402. The quantitative estimate of drug-likeness (QED) is 0.275. The molecule has 0 aliphatic carbocycles. The molecular weight excluding hydrogens is 171 g/mol. The number of ether oxygens (including phenoxy) is 1. The second-order valence-electron chi connectivity index (χ2n) is 1.66. The largest absolute Gasteiger partial charge is 0.385 e. The van der Waals surface area contributed by atoms with Crippen LogP contribution in [0.5, 0.6) is 0 Å². The van der Waals surface area contributed by atoms with Crippen LogP contribution in [-0.2, 0) is 18.8 Å². The molecule has 1 unspecified atom stereocenters. The third-order valence-corrected chi connectivity index (χ3v) is 1.51. The van der Waals surface area contributed by atoms with Gasteiger partial charge in [0.05, 0.1) is 13.7 Å². The van der Waals surface area contributed by atoms with Crippen molar-refractivity contribution in [2.75, 3.05) is 27.4 Å². The summed E-state index contributed by atoms with van der Waals surface area (Å²) in [6.45, 7) is 1.01. The summed E-state index contributed by atoms with van der Waals surface area (Å²) in [5.74, 6) is 0. The molecule has 0 aromatic carbocycles. The molecule has 1 atom stereocenters. The lowest BCUT2D eigenvalue weighted by Crippen LogP contribution is -1.96. The Kier molecular flexibility index (Phi) is 8.50. The molecule has 0 aromatic rings. The third kappa shape index (κ3) is 8.13. The normalized spacial score (nSPS) is 13.4. The molecule has 0 rings (SSSR count). The molecule has 0 aromatic heterocycles. The fourth-order valence-electron chi connectivity index (χ4n) is 0.431. The molecule has 0 bridgehead atoms. The van der Waals surface area contributed by atoms with E-state index in [-0.39, 0.29) is 0 Å². The van der Waals surface area contributed by atoms with Gasteiger partial charge < -0.3 is 14.2 Å². The molecule has 0 fully saturated rings. The molecule has 0 radical (unpaired) electrons. The molecule has 0 amide bonds. The Morgan fingerprint density at radius 2 is 2.00 bits per heavy atom. The van der Waals surface area contributed by atoms with Crippen LogP contribution in [0.1, 0.15) is 6.42 Å². The van der Waals surface area contributed by atoms with Crippen molar-refractivity contribution in [3.63, 3.8) is 0 Å². The van der Waals surface area contributed by atoms with Crippen LogP contribution < -0.4 is 0 Å². The van der Waals surface area contributed by atoms with Crippen LogP contribution >= 0.6 is 8.60 Å². The van der Waals surface area contributed by atoms with Crippen LogP contribution in [0.3, 0.4) is 0 Å². The number of methoxy groups -OCH3 is 1. The van der Waals surface area contributed by atoms with E-state index in [9.17, 15) is 0 Å². The molecule has 6 heteroatoms. The summed E-state index contributed by atoms with van der Waals surface area (Å²) in [7, 11) is 1.04. The Balaban J connectivity index is 2.97. The Morgan fingerprint density at radius 3 is 2.55 bits per heavy atom. The van der Waals surface area contributed by atoms with Gasteiger partial charge in [-0.3, -0.25) is 0 Å². The van der Waals surface area contributed by atoms with Crippen LogP contribution in [0.2, 0.25) is 0 Å². The van der Waals surface area contributed by atoms with E-state index < -0.39 is 8.60 Å². The molecular formula is C5H13O5P. The molecule has 0 aliphatic heterocycles. The number of hydrogen-bond acceptors (Lipinski definition) is 5. The molecule has 5 nitrogen and oxygen atoms in total. The van der Waals surface area contributed by atoms with Gasteiger partial charge in [0.2, 0.25) is 0 Å². The Labute approximate surface area is 67.1 Å². The summed E-state index contributed by atoms with van der Waals surface area (Å²) < 4.78 is 13.8. The van der Waals surface area contributed by atoms with Crippen molar-refractivity contribution in [2.24, 2.45) is 0 Å². The Bertz CT molecular complexity index is 81.3. The second kappa shape index (κ2) is 8.33. The maximum atomic E-state index is 8.80. The molecule has 0 saturated carbocycles. The lowest BCUT2D eigenvalue weighted by molar-refractivity contribution is -0.187. The number of hydrogen-bond donors (Lipinski definition) is 1. The molecule has 68 valence electrons. The van der Waals surface area contributed by atoms with Crippen molar-refractivity contribution in [3.8, 4) is 0 Å². The van der Waals surface area contributed by atoms with E-state index in [0.29, 0.717) is 13.2 Å². The van der Waals surface area contributed by atoms with Crippen LogP contribution in [0.15, 0.2) is 0 Å². The maximum Gasteiger partial charge on any atom is 0.360 e. The molecule has 0 heterocycles. The highest BCUT2D eigenvalue weighted by Gasteiger charge is 2.05. The smallest absolute Gasteiger partial charge is 0.360 e. The lowest BCUT2D eigenvalue weighted by Gasteiger charge is -2.06. The highest BCUT2D eigenvalue weighted by molar-refractivity contribution is 7.40. The van der Waals surface area contributed by atoms with E-state index in [0.717, 1.165) is 6.42 Å². The zero-order valence-electron chi connectivity index (χ0n) is 6.65. The predicted octanol–water partition coefficient (Wildman–Crippen LogP) is 0.837. The van der Waals surface area contributed by atoms with Gasteiger partial charge in [-0.05, 0) is 6.42 Å². The van der Waals surface area contributed by atoms with Gasteiger partial charge in [-0.1, -0.05) is 0 Å². The van der Waals surface area contributed by atoms with Crippen molar-refractivity contribution in [1.82, 2.24) is 0 Å². The summed E-state index contributed by atoms with van der Waals surface area (Å²) in [5, 5.41) is 0. The van der Waals surface area contributed by atoms with Crippen LogP contribution in [0.25, 0.3) is 0 Å². The summed E-state index contributed by atoms with van der Waals surface area (Å²) in [4.78, 5) is 13.0. The van der Waals surface area contributed by atoms with E-state index in [1.54, 1.807) is 7.11 Å². The highest BCUT2D eigenvalue weighted by Crippen LogP contribution is 2.32. The van der Waals surface area contributed by atoms with Crippen molar-refractivity contribution in [2.45, 2.75) is 6.42 Å². The summed E-state index contributed by atoms with van der Waals surface area (Å²) >= 11 is 0. The highest BCUT2D eigenvalue weighted by atomic mass is 31.2. The van der Waals surface area contributed by atoms with E-state index >= 15 is 0 Å². The van der Waals surface area contributed by atoms with Crippen LogP contribution in [0.4, 0.5) is 0 Å². The van der Waals surface area contributed by atoms with E-state index in [2.05, 4.69) is 9.56 Å². The fraction of sp³-hybridized carbons (Fsp3) is 1.00.